The smallest absolute Gasteiger partial charge is 0.255 e. The minimum Gasteiger partial charge on any atom is -0.477 e. The lowest BCUT2D eigenvalue weighted by Gasteiger charge is -2.40. The maximum atomic E-state index is 13.9. The van der Waals surface area contributed by atoms with Gasteiger partial charge in [0.15, 0.2) is 0 Å². The number of carbonyl (C=O) groups is 1. The van der Waals surface area contributed by atoms with Crippen LogP contribution in [0.4, 0.5) is 4.39 Å². The number of aryl methyl sites for hydroxylation is 1. The molecule has 5 rings (SSSR count). The van der Waals surface area contributed by atoms with Gasteiger partial charge in [-0.05, 0) is 50.3 Å². The third kappa shape index (κ3) is 3.95. The molecule has 6 nitrogen and oxygen atoms in total. The van der Waals surface area contributed by atoms with Gasteiger partial charge >= 0.3 is 0 Å². The Kier molecular flexibility index (Phi) is 5.55. The van der Waals surface area contributed by atoms with Gasteiger partial charge in [0.2, 0.25) is 5.88 Å². The predicted molar refractivity (Wildman–Crippen MR) is 118 cm³/mol. The fraction of sp³-hybridized carbons (Fsp3) is 0.360. The topological polar surface area (TPSA) is 68.2 Å². The van der Waals surface area contributed by atoms with Crippen LogP contribution in [-0.4, -0.2) is 44.4 Å². The van der Waals surface area contributed by atoms with E-state index in [0.717, 1.165) is 48.6 Å². The van der Waals surface area contributed by atoms with E-state index < -0.39 is 0 Å². The molecule has 32 heavy (non-hydrogen) atoms. The molecule has 2 saturated heterocycles. The van der Waals surface area contributed by atoms with E-state index in [-0.39, 0.29) is 29.7 Å². The van der Waals surface area contributed by atoms with Crippen molar-refractivity contribution in [2.75, 3.05) is 6.61 Å². The number of hydrogen-bond acceptors (Lipinski definition) is 5. The van der Waals surface area contributed by atoms with Gasteiger partial charge < -0.3 is 9.64 Å². The number of ether oxygens (including phenoxy) is 1. The third-order valence-electron chi connectivity index (χ3n) is 6.62. The molecule has 3 atom stereocenters. The number of rotatable bonds is 5. The lowest BCUT2D eigenvalue weighted by molar-refractivity contribution is 0.0403. The molecule has 0 saturated carbocycles. The van der Waals surface area contributed by atoms with E-state index in [9.17, 15) is 9.18 Å². The normalized spacial score (nSPS) is 22.1. The van der Waals surface area contributed by atoms with Gasteiger partial charge in [-0.3, -0.25) is 4.79 Å². The molecule has 2 aromatic heterocycles. The Labute approximate surface area is 186 Å². The van der Waals surface area contributed by atoms with Crippen molar-refractivity contribution in [1.82, 2.24) is 19.9 Å². The molecular weight excluding hydrogens is 407 g/mol. The first-order valence-corrected chi connectivity index (χ1v) is 11.0. The third-order valence-corrected chi connectivity index (χ3v) is 6.62. The Balaban J connectivity index is 1.39. The molecule has 0 spiro atoms. The second kappa shape index (κ2) is 8.65. The van der Waals surface area contributed by atoms with Crippen molar-refractivity contribution >= 4 is 5.91 Å². The van der Waals surface area contributed by atoms with Crippen molar-refractivity contribution in [3.05, 3.63) is 72.2 Å². The first kappa shape index (κ1) is 20.5. The van der Waals surface area contributed by atoms with Crippen molar-refractivity contribution in [2.45, 2.75) is 44.7 Å². The van der Waals surface area contributed by atoms with E-state index in [0.29, 0.717) is 18.1 Å². The summed E-state index contributed by atoms with van der Waals surface area (Å²) < 4.78 is 19.0. The van der Waals surface area contributed by atoms with Crippen molar-refractivity contribution < 1.29 is 13.9 Å². The van der Waals surface area contributed by atoms with Crippen LogP contribution < -0.4 is 4.74 Å². The molecule has 1 amide bonds. The van der Waals surface area contributed by atoms with E-state index in [1.165, 1.54) is 12.4 Å². The average Bonchev–Trinajstić information content (AvgIpc) is 3.13. The zero-order valence-corrected chi connectivity index (χ0v) is 17.9. The number of amides is 1. The quantitative estimate of drug-likeness (QED) is 0.596. The largest absolute Gasteiger partial charge is 0.477 e. The average molecular weight is 432 g/mol. The number of pyridine rings is 1. The molecule has 4 heterocycles. The molecule has 0 N–H and O–H groups in total. The Morgan fingerprint density at radius 3 is 2.69 bits per heavy atom. The molecule has 3 aromatic rings. The van der Waals surface area contributed by atoms with Crippen LogP contribution in [0.25, 0.3) is 11.1 Å². The van der Waals surface area contributed by atoms with Crippen molar-refractivity contribution in [3.63, 3.8) is 0 Å². The van der Waals surface area contributed by atoms with Gasteiger partial charge in [-0.1, -0.05) is 17.7 Å². The SMILES string of the molecule is Cc1ccc(-c2cncnc2)c(C(=O)N2C3CCC2[C@@H](COc2ccc(F)cn2)CC3)c1. The Morgan fingerprint density at radius 1 is 1.09 bits per heavy atom. The van der Waals surface area contributed by atoms with Crippen LogP contribution in [0.3, 0.4) is 0 Å². The lowest BCUT2D eigenvalue weighted by Crippen LogP contribution is -2.49. The van der Waals surface area contributed by atoms with Gasteiger partial charge in [0.1, 0.15) is 12.1 Å². The van der Waals surface area contributed by atoms with Gasteiger partial charge in [0.25, 0.3) is 5.91 Å². The van der Waals surface area contributed by atoms with E-state index in [2.05, 4.69) is 19.9 Å². The fourth-order valence-corrected chi connectivity index (χ4v) is 5.07. The van der Waals surface area contributed by atoms with E-state index in [4.69, 9.17) is 4.74 Å². The first-order chi connectivity index (χ1) is 15.6. The summed E-state index contributed by atoms with van der Waals surface area (Å²) in [4.78, 5) is 28.2. The number of piperidine rings is 1. The second-order valence-corrected chi connectivity index (χ2v) is 8.65. The van der Waals surface area contributed by atoms with Crippen molar-refractivity contribution in [2.24, 2.45) is 5.92 Å². The highest BCUT2D eigenvalue weighted by atomic mass is 19.1. The molecule has 2 unspecified atom stereocenters. The van der Waals surface area contributed by atoms with Crippen LogP contribution in [0.1, 0.15) is 41.6 Å². The molecule has 0 radical (unpaired) electrons. The molecule has 164 valence electrons. The van der Waals surface area contributed by atoms with Crippen LogP contribution >= 0.6 is 0 Å². The summed E-state index contributed by atoms with van der Waals surface area (Å²) in [6, 6.07) is 9.23. The highest BCUT2D eigenvalue weighted by Gasteiger charge is 2.45. The molecule has 0 aliphatic carbocycles. The zero-order chi connectivity index (χ0) is 22.1. The molecule has 2 aliphatic rings. The minimum absolute atomic E-state index is 0.0599. The second-order valence-electron chi connectivity index (χ2n) is 8.65. The van der Waals surface area contributed by atoms with Crippen LogP contribution in [-0.2, 0) is 0 Å². The maximum absolute atomic E-state index is 13.9. The highest BCUT2D eigenvalue weighted by molar-refractivity contribution is 6.01. The summed E-state index contributed by atoms with van der Waals surface area (Å²) in [5, 5.41) is 0. The standard InChI is InChI=1S/C25H25FN4O2/c1-16-2-7-21(18-11-27-15-28-12-18)22(10-16)25(31)30-20-5-3-17(23(30)8-6-20)14-32-24-9-4-19(26)13-29-24/h2,4,7,9-13,15,17,20,23H,3,5-6,8,14H2,1H3/t17-,20?,23?/m1/s1. The Bertz CT molecular complexity index is 1110. The fourth-order valence-electron chi connectivity index (χ4n) is 5.07. The van der Waals surface area contributed by atoms with Crippen LogP contribution in [0.5, 0.6) is 5.88 Å². The summed E-state index contributed by atoms with van der Waals surface area (Å²) in [7, 11) is 0. The first-order valence-electron chi connectivity index (χ1n) is 11.0. The molecule has 2 bridgehead atoms. The van der Waals surface area contributed by atoms with Crippen LogP contribution in [0.2, 0.25) is 0 Å². The molecular formula is C25H25FN4O2. The van der Waals surface area contributed by atoms with Crippen molar-refractivity contribution in [3.8, 4) is 17.0 Å². The molecule has 2 fully saturated rings. The van der Waals surface area contributed by atoms with Crippen LogP contribution in [0, 0.1) is 18.7 Å². The summed E-state index contributed by atoms with van der Waals surface area (Å²) in [6.07, 6.45) is 10.1. The summed E-state index contributed by atoms with van der Waals surface area (Å²) in [5.74, 6) is 0.306. The lowest BCUT2D eigenvalue weighted by atomic mass is 9.89. The number of fused-ring (bicyclic) bond motifs is 2. The number of carbonyl (C=O) groups excluding carboxylic acids is 1. The maximum Gasteiger partial charge on any atom is 0.255 e. The summed E-state index contributed by atoms with van der Waals surface area (Å²) in [5.41, 5.74) is 3.43. The summed E-state index contributed by atoms with van der Waals surface area (Å²) >= 11 is 0. The van der Waals surface area contributed by atoms with Gasteiger partial charge in [-0.2, -0.15) is 0 Å². The molecule has 1 aromatic carbocycles. The zero-order valence-electron chi connectivity index (χ0n) is 17.9. The van der Waals surface area contributed by atoms with Gasteiger partial charge in [0.05, 0.1) is 12.8 Å². The summed E-state index contributed by atoms with van der Waals surface area (Å²) in [6.45, 7) is 2.46. The number of benzene rings is 1. The predicted octanol–water partition coefficient (Wildman–Crippen LogP) is 4.45. The van der Waals surface area contributed by atoms with E-state index in [1.54, 1.807) is 18.5 Å². The molecule has 2 aliphatic heterocycles. The number of halogens is 1. The Hall–Kier alpha value is -3.35. The van der Waals surface area contributed by atoms with Crippen LogP contribution in [0.15, 0.2) is 55.2 Å². The monoisotopic (exact) mass is 432 g/mol. The minimum atomic E-state index is -0.386. The van der Waals surface area contributed by atoms with Gasteiger partial charge in [-0.15, -0.1) is 0 Å². The van der Waals surface area contributed by atoms with E-state index in [1.807, 2.05) is 25.1 Å². The van der Waals surface area contributed by atoms with Gasteiger partial charge in [-0.25, -0.2) is 19.3 Å². The van der Waals surface area contributed by atoms with Gasteiger partial charge in [0, 0.05) is 47.6 Å². The molecule has 7 heteroatoms. The van der Waals surface area contributed by atoms with Crippen molar-refractivity contribution in [1.29, 1.82) is 0 Å². The number of aromatic nitrogens is 3. The number of nitrogens with zero attached hydrogens (tertiary/aromatic N) is 4. The Morgan fingerprint density at radius 2 is 1.91 bits per heavy atom. The number of hydrogen-bond donors (Lipinski definition) is 0. The highest BCUT2D eigenvalue weighted by Crippen LogP contribution is 2.41. The van der Waals surface area contributed by atoms with E-state index >= 15 is 0 Å².